The maximum Gasteiger partial charge on any atom is 0.270 e. The van der Waals surface area contributed by atoms with Crippen LogP contribution < -0.4 is 19.1 Å². The van der Waals surface area contributed by atoms with Gasteiger partial charge in [0.1, 0.15) is 12.4 Å². The van der Waals surface area contributed by atoms with E-state index in [1.54, 1.807) is 36.4 Å². The Bertz CT molecular complexity index is 1310. The molecule has 2 aliphatic heterocycles. The van der Waals surface area contributed by atoms with Gasteiger partial charge < -0.3 is 14.2 Å². The van der Waals surface area contributed by atoms with E-state index in [9.17, 15) is 4.79 Å². The van der Waals surface area contributed by atoms with Gasteiger partial charge in [0.2, 0.25) is 6.79 Å². The first-order valence-electron chi connectivity index (χ1n) is 9.83. The van der Waals surface area contributed by atoms with Crippen molar-refractivity contribution in [2.24, 2.45) is 0 Å². The van der Waals surface area contributed by atoms with Crippen LogP contribution >= 0.6 is 47.2 Å². The van der Waals surface area contributed by atoms with E-state index in [1.807, 2.05) is 30.3 Å². The van der Waals surface area contributed by atoms with E-state index in [4.69, 9.17) is 49.6 Å². The highest BCUT2D eigenvalue weighted by Gasteiger charge is 2.34. The number of carbonyl (C=O) groups excluding carboxylic acids is 1. The number of amides is 1. The number of nitrogens with zero attached hydrogens (tertiary/aromatic N) is 1. The van der Waals surface area contributed by atoms with Gasteiger partial charge in [-0.2, -0.15) is 0 Å². The summed E-state index contributed by atoms with van der Waals surface area (Å²) in [6.07, 6.45) is 1.78. The topological polar surface area (TPSA) is 48.0 Å². The molecule has 1 fully saturated rings. The molecule has 166 valence electrons. The summed E-state index contributed by atoms with van der Waals surface area (Å²) < 4.78 is 17.2. The van der Waals surface area contributed by atoms with Crippen LogP contribution in [-0.2, 0) is 11.4 Å². The molecular formula is C24H15Cl2NO4S2. The molecule has 1 saturated heterocycles. The van der Waals surface area contributed by atoms with E-state index in [2.05, 4.69) is 0 Å². The van der Waals surface area contributed by atoms with Crippen molar-refractivity contribution in [3.63, 3.8) is 0 Å². The summed E-state index contributed by atoms with van der Waals surface area (Å²) in [4.78, 5) is 15.2. The molecule has 0 spiro atoms. The van der Waals surface area contributed by atoms with Crippen LogP contribution in [0.5, 0.6) is 17.2 Å². The number of para-hydroxylation sites is 1. The molecule has 2 aliphatic rings. The Hall–Kier alpha value is -2.71. The number of hydrogen-bond acceptors (Lipinski definition) is 6. The summed E-state index contributed by atoms with van der Waals surface area (Å²) in [5.74, 6) is 1.65. The van der Waals surface area contributed by atoms with Crippen molar-refractivity contribution in [1.82, 2.24) is 0 Å². The number of fused-ring (bicyclic) bond motifs is 1. The van der Waals surface area contributed by atoms with Crippen LogP contribution in [0, 0.1) is 0 Å². The number of ether oxygens (including phenoxy) is 3. The average Bonchev–Trinajstić information content (AvgIpc) is 3.37. The summed E-state index contributed by atoms with van der Waals surface area (Å²) in [6.45, 7) is 0.425. The van der Waals surface area contributed by atoms with Crippen LogP contribution in [0.3, 0.4) is 0 Å². The van der Waals surface area contributed by atoms with E-state index >= 15 is 0 Å². The number of anilines is 1. The van der Waals surface area contributed by atoms with E-state index in [1.165, 1.54) is 16.7 Å². The van der Waals surface area contributed by atoms with Gasteiger partial charge in [-0.25, -0.2) is 0 Å². The fourth-order valence-corrected chi connectivity index (χ4v) is 5.13. The van der Waals surface area contributed by atoms with E-state index in [-0.39, 0.29) is 19.3 Å². The standard InChI is InChI=1S/C24H15Cl2NO4S2/c25-16-6-5-15(18(26)10-16)12-29-19-4-2-1-3-14(19)9-22-23(28)27(24(32)33-22)17-7-8-20-21(11-17)31-13-30-20/h1-11H,12-13H2/b22-9+. The van der Waals surface area contributed by atoms with Crippen molar-refractivity contribution in [3.8, 4) is 17.2 Å². The van der Waals surface area contributed by atoms with Gasteiger partial charge in [-0.1, -0.05) is 71.4 Å². The highest BCUT2D eigenvalue weighted by atomic mass is 35.5. The van der Waals surface area contributed by atoms with E-state index in [0.29, 0.717) is 42.2 Å². The monoisotopic (exact) mass is 515 g/mol. The highest BCUT2D eigenvalue weighted by molar-refractivity contribution is 8.27. The molecule has 0 bridgehead atoms. The SMILES string of the molecule is O=C1/C(=C\c2ccccc2OCc2ccc(Cl)cc2Cl)SC(=S)N1c1ccc2c(c1)OCO2. The average molecular weight is 516 g/mol. The Balaban J connectivity index is 1.38. The third kappa shape index (κ3) is 4.54. The molecule has 3 aromatic carbocycles. The first-order valence-corrected chi connectivity index (χ1v) is 11.8. The Morgan fingerprint density at radius 1 is 1.06 bits per heavy atom. The largest absolute Gasteiger partial charge is 0.488 e. The van der Waals surface area contributed by atoms with Gasteiger partial charge in [-0.15, -0.1) is 0 Å². The van der Waals surface area contributed by atoms with Crippen LogP contribution in [0.15, 0.2) is 65.6 Å². The maximum atomic E-state index is 13.2. The fourth-order valence-electron chi connectivity index (χ4n) is 3.38. The molecule has 0 aliphatic carbocycles. The second kappa shape index (κ2) is 9.27. The lowest BCUT2D eigenvalue weighted by molar-refractivity contribution is -0.113. The molecule has 0 saturated carbocycles. The number of hydrogen-bond donors (Lipinski definition) is 0. The van der Waals surface area contributed by atoms with Gasteiger partial charge in [-0.05, 0) is 36.4 Å². The maximum absolute atomic E-state index is 13.2. The molecule has 0 N–H and O–H groups in total. The fraction of sp³-hybridized carbons (Fsp3) is 0.0833. The van der Waals surface area contributed by atoms with Crippen molar-refractivity contribution in [3.05, 3.63) is 86.7 Å². The molecular weight excluding hydrogens is 501 g/mol. The predicted octanol–water partition coefficient (Wildman–Crippen LogP) is 6.71. The van der Waals surface area contributed by atoms with Crippen molar-refractivity contribution in [2.75, 3.05) is 11.7 Å². The Kier molecular flexibility index (Phi) is 6.21. The zero-order valence-electron chi connectivity index (χ0n) is 16.9. The molecule has 1 amide bonds. The second-order valence-corrected chi connectivity index (χ2v) is 9.64. The predicted molar refractivity (Wildman–Crippen MR) is 135 cm³/mol. The van der Waals surface area contributed by atoms with E-state index < -0.39 is 0 Å². The van der Waals surface area contributed by atoms with Crippen LogP contribution in [0.2, 0.25) is 10.0 Å². The number of thioether (sulfide) groups is 1. The van der Waals surface area contributed by atoms with Crippen molar-refractivity contribution >= 4 is 69.2 Å². The summed E-state index contributed by atoms with van der Waals surface area (Å²) in [7, 11) is 0. The summed E-state index contributed by atoms with van der Waals surface area (Å²) >= 11 is 19.0. The minimum atomic E-state index is -0.209. The normalized spacial score (nSPS) is 16.1. The summed E-state index contributed by atoms with van der Waals surface area (Å²) in [6, 6.07) is 18.0. The second-order valence-electron chi connectivity index (χ2n) is 7.12. The summed E-state index contributed by atoms with van der Waals surface area (Å²) in [5.41, 5.74) is 2.20. The third-order valence-electron chi connectivity index (χ3n) is 5.01. The zero-order chi connectivity index (χ0) is 22.9. The van der Waals surface area contributed by atoms with Crippen molar-refractivity contribution in [2.45, 2.75) is 6.61 Å². The Morgan fingerprint density at radius 3 is 2.73 bits per heavy atom. The van der Waals surface area contributed by atoms with E-state index in [0.717, 1.165) is 11.1 Å². The number of carbonyl (C=O) groups is 1. The molecule has 0 aromatic heterocycles. The molecule has 3 aromatic rings. The molecule has 0 radical (unpaired) electrons. The number of halogens is 2. The van der Waals surface area contributed by atoms with Crippen molar-refractivity contribution < 1.29 is 19.0 Å². The highest BCUT2D eigenvalue weighted by Crippen LogP contribution is 2.41. The molecule has 0 atom stereocenters. The summed E-state index contributed by atoms with van der Waals surface area (Å²) in [5, 5.41) is 1.10. The lowest BCUT2D eigenvalue weighted by Gasteiger charge is -2.15. The third-order valence-corrected chi connectivity index (χ3v) is 6.90. The first kappa shape index (κ1) is 22.1. The van der Waals surface area contributed by atoms with Crippen molar-refractivity contribution in [1.29, 1.82) is 0 Å². The Morgan fingerprint density at radius 2 is 1.88 bits per heavy atom. The lowest BCUT2D eigenvalue weighted by atomic mass is 10.1. The van der Waals surface area contributed by atoms with Crippen LogP contribution in [-0.4, -0.2) is 17.0 Å². The number of rotatable bonds is 5. The molecule has 5 rings (SSSR count). The minimum Gasteiger partial charge on any atom is -0.488 e. The molecule has 2 heterocycles. The number of thiocarbonyl (C=S) groups is 1. The Labute approximate surface area is 209 Å². The molecule has 9 heteroatoms. The smallest absolute Gasteiger partial charge is 0.270 e. The van der Waals surface area contributed by atoms with Crippen LogP contribution in [0.4, 0.5) is 5.69 Å². The number of benzene rings is 3. The molecule has 0 unspecified atom stereocenters. The van der Waals surface area contributed by atoms with Gasteiger partial charge in [0.25, 0.3) is 5.91 Å². The zero-order valence-corrected chi connectivity index (χ0v) is 20.1. The van der Waals surface area contributed by atoms with Gasteiger partial charge in [0, 0.05) is 27.2 Å². The molecule has 5 nitrogen and oxygen atoms in total. The van der Waals surface area contributed by atoms with Gasteiger partial charge in [0.05, 0.1) is 10.6 Å². The van der Waals surface area contributed by atoms with Gasteiger partial charge in [-0.3, -0.25) is 9.69 Å². The van der Waals surface area contributed by atoms with Gasteiger partial charge in [0.15, 0.2) is 15.8 Å². The minimum absolute atomic E-state index is 0.162. The molecule has 33 heavy (non-hydrogen) atoms. The van der Waals surface area contributed by atoms with Gasteiger partial charge >= 0.3 is 0 Å². The quantitative estimate of drug-likeness (QED) is 0.278. The van der Waals surface area contributed by atoms with Crippen LogP contribution in [0.25, 0.3) is 6.08 Å². The first-order chi connectivity index (χ1) is 16.0. The lowest BCUT2D eigenvalue weighted by Crippen LogP contribution is -2.27. The van der Waals surface area contributed by atoms with Crippen LogP contribution in [0.1, 0.15) is 11.1 Å².